The number of nitrogens with one attached hydrogen (secondary N) is 1. The maximum absolute atomic E-state index is 11.8. The molecule has 2 amide bonds. The molecule has 5 nitrogen and oxygen atoms in total. The number of rotatable bonds is 5. The van der Waals surface area contributed by atoms with Crippen molar-refractivity contribution in [2.75, 3.05) is 13.2 Å². The lowest BCUT2D eigenvalue weighted by Crippen LogP contribution is -2.30. The van der Waals surface area contributed by atoms with Crippen LogP contribution in [0.15, 0.2) is 11.4 Å². The minimum Gasteiger partial charge on any atom is -0.461 e. The number of ether oxygens (including phenoxy) is 1. The molecule has 2 aromatic heterocycles. The number of esters is 1. The average molecular weight is 319 g/mol. The van der Waals surface area contributed by atoms with Gasteiger partial charge in [-0.2, -0.15) is 0 Å². The third-order valence-corrected chi connectivity index (χ3v) is 5.03. The molecule has 0 aliphatic carbocycles. The maximum Gasteiger partial charge on any atom is 0.349 e. The van der Waals surface area contributed by atoms with Gasteiger partial charge in [-0.15, -0.1) is 22.7 Å². The summed E-state index contributed by atoms with van der Waals surface area (Å²) in [5, 5.41) is 5.68. The van der Waals surface area contributed by atoms with Crippen LogP contribution in [0.4, 0.5) is 4.79 Å². The molecule has 0 fully saturated rings. The molecule has 0 unspecified atom stereocenters. The van der Waals surface area contributed by atoms with Crippen LogP contribution in [-0.4, -0.2) is 25.2 Å². The Hall–Kier alpha value is -1.31. The third-order valence-electron chi connectivity index (χ3n) is 2.30. The third kappa shape index (κ3) is 3.37. The summed E-state index contributed by atoms with van der Waals surface area (Å²) in [6, 6.07) is 1.29. The van der Waals surface area contributed by atoms with Crippen molar-refractivity contribution in [1.29, 1.82) is 0 Å². The van der Waals surface area contributed by atoms with Crippen LogP contribution in [0.2, 0.25) is 5.02 Å². The predicted octanol–water partition coefficient (Wildman–Crippen LogP) is 2.83. The first kappa shape index (κ1) is 14.1. The predicted molar refractivity (Wildman–Crippen MR) is 77.2 cm³/mol. The van der Waals surface area contributed by atoms with E-state index in [9.17, 15) is 9.59 Å². The Bertz CT molecular complexity index is 608. The van der Waals surface area contributed by atoms with E-state index in [2.05, 4.69) is 5.32 Å². The fourth-order valence-corrected chi connectivity index (χ4v) is 3.95. The molecule has 3 N–H and O–H groups in total. The first-order valence-corrected chi connectivity index (χ1v) is 7.53. The van der Waals surface area contributed by atoms with Gasteiger partial charge in [-0.05, 0) is 17.9 Å². The molecule has 0 bridgehead atoms. The zero-order valence-electron chi connectivity index (χ0n) is 9.77. The van der Waals surface area contributed by atoms with Crippen LogP contribution in [0.3, 0.4) is 0 Å². The minimum absolute atomic E-state index is 0.209. The topological polar surface area (TPSA) is 81.4 Å². The molecule has 19 heavy (non-hydrogen) atoms. The van der Waals surface area contributed by atoms with Gasteiger partial charge in [0.2, 0.25) is 0 Å². The van der Waals surface area contributed by atoms with E-state index in [1.165, 1.54) is 22.7 Å². The minimum atomic E-state index is -0.590. The zero-order chi connectivity index (χ0) is 13.8. The molecule has 102 valence electrons. The number of urea groups is 1. The Morgan fingerprint density at radius 1 is 1.47 bits per heavy atom. The van der Waals surface area contributed by atoms with E-state index >= 15 is 0 Å². The highest BCUT2D eigenvalue weighted by atomic mass is 35.5. The summed E-state index contributed by atoms with van der Waals surface area (Å²) >= 11 is 8.99. The van der Waals surface area contributed by atoms with Gasteiger partial charge in [0.05, 0.1) is 15.6 Å². The smallest absolute Gasteiger partial charge is 0.349 e. The molecule has 2 rings (SSSR count). The van der Waals surface area contributed by atoms with Crippen LogP contribution in [0.5, 0.6) is 0 Å². The first-order valence-electron chi connectivity index (χ1n) is 5.45. The van der Waals surface area contributed by atoms with Crippen molar-refractivity contribution < 1.29 is 14.3 Å². The van der Waals surface area contributed by atoms with Crippen LogP contribution in [0.25, 0.3) is 9.40 Å². The molecule has 8 heteroatoms. The molecule has 0 saturated heterocycles. The fourth-order valence-electron chi connectivity index (χ4n) is 1.44. The van der Waals surface area contributed by atoms with Gasteiger partial charge >= 0.3 is 12.0 Å². The highest BCUT2D eigenvalue weighted by Gasteiger charge is 2.18. The normalized spacial score (nSPS) is 10.6. The molecule has 2 heterocycles. The molecular weight excluding hydrogens is 308 g/mol. The van der Waals surface area contributed by atoms with E-state index in [0.29, 0.717) is 22.9 Å². The molecular formula is C11H11ClN2O3S2. The van der Waals surface area contributed by atoms with Gasteiger partial charge < -0.3 is 15.8 Å². The quantitative estimate of drug-likeness (QED) is 0.657. The zero-order valence-corrected chi connectivity index (χ0v) is 12.2. The van der Waals surface area contributed by atoms with Gasteiger partial charge in [-0.3, -0.25) is 0 Å². The van der Waals surface area contributed by atoms with Gasteiger partial charge in [0, 0.05) is 11.9 Å². The van der Waals surface area contributed by atoms with Crippen molar-refractivity contribution in [2.24, 2.45) is 5.73 Å². The average Bonchev–Trinajstić information content (AvgIpc) is 2.92. The standard InChI is InChI=1S/C11H11ClN2O3S2/c12-7-6-2-5-18-10(6)19-8(7)9(15)17-4-1-3-14-11(13)16/h2,5H,1,3-4H2,(H3,13,14,16). The summed E-state index contributed by atoms with van der Waals surface area (Å²) in [6.07, 6.45) is 0.506. The van der Waals surface area contributed by atoms with Gasteiger partial charge in [0.15, 0.2) is 0 Å². The Morgan fingerprint density at radius 3 is 2.95 bits per heavy atom. The largest absolute Gasteiger partial charge is 0.461 e. The van der Waals surface area contributed by atoms with Crippen molar-refractivity contribution in [3.05, 3.63) is 21.3 Å². The SMILES string of the molecule is NC(=O)NCCCOC(=O)c1sc2sccc2c1Cl. The number of carbonyl (C=O) groups excluding carboxylic acids is 2. The second-order valence-corrected chi connectivity index (χ2v) is 6.22. The molecule has 0 aliphatic rings. The number of nitrogens with two attached hydrogens (primary N) is 1. The highest BCUT2D eigenvalue weighted by molar-refractivity contribution is 7.38. The molecule has 0 radical (unpaired) electrons. The van der Waals surface area contributed by atoms with Gasteiger partial charge in [-0.1, -0.05) is 11.6 Å². The molecule has 2 aromatic rings. The van der Waals surface area contributed by atoms with Gasteiger partial charge in [0.25, 0.3) is 0 Å². The summed E-state index contributed by atoms with van der Waals surface area (Å²) in [4.78, 5) is 22.7. The van der Waals surface area contributed by atoms with E-state index in [0.717, 1.165) is 9.40 Å². The van der Waals surface area contributed by atoms with E-state index < -0.39 is 12.0 Å². The molecule has 0 aromatic carbocycles. The number of carbonyl (C=O) groups is 2. The van der Waals surface area contributed by atoms with Gasteiger partial charge in [0.1, 0.15) is 4.88 Å². The van der Waals surface area contributed by atoms with Crippen LogP contribution in [-0.2, 0) is 4.74 Å². The molecule has 0 atom stereocenters. The lowest BCUT2D eigenvalue weighted by Gasteiger charge is -2.04. The lowest BCUT2D eigenvalue weighted by molar-refractivity contribution is 0.0507. The fraction of sp³-hybridized carbons (Fsp3) is 0.273. The second-order valence-electron chi connectivity index (χ2n) is 3.65. The maximum atomic E-state index is 11.8. The van der Waals surface area contributed by atoms with Gasteiger partial charge in [-0.25, -0.2) is 9.59 Å². The highest BCUT2D eigenvalue weighted by Crippen LogP contribution is 2.38. The van der Waals surface area contributed by atoms with Crippen molar-refractivity contribution in [3.63, 3.8) is 0 Å². The summed E-state index contributed by atoms with van der Waals surface area (Å²) in [7, 11) is 0. The summed E-state index contributed by atoms with van der Waals surface area (Å²) in [5.74, 6) is -0.433. The number of thiophene rings is 2. The molecule has 0 saturated carbocycles. The Morgan fingerprint density at radius 2 is 2.26 bits per heavy atom. The summed E-state index contributed by atoms with van der Waals surface area (Å²) in [5.41, 5.74) is 4.90. The lowest BCUT2D eigenvalue weighted by atomic mass is 10.3. The van der Waals surface area contributed by atoms with Crippen molar-refractivity contribution >= 4 is 55.7 Å². The van der Waals surface area contributed by atoms with Crippen LogP contribution < -0.4 is 11.1 Å². The van der Waals surface area contributed by atoms with Crippen LogP contribution in [0.1, 0.15) is 16.1 Å². The Kier molecular flexibility index (Phi) is 4.62. The van der Waals surface area contributed by atoms with E-state index in [1.807, 2.05) is 11.4 Å². The Balaban J connectivity index is 1.87. The number of fused-ring (bicyclic) bond motifs is 1. The van der Waals surface area contributed by atoms with Crippen LogP contribution in [0, 0.1) is 0 Å². The van der Waals surface area contributed by atoms with Crippen molar-refractivity contribution in [1.82, 2.24) is 5.32 Å². The number of primary amides is 1. The number of halogens is 1. The Labute approximate surface area is 122 Å². The van der Waals surface area contributed by atoms with Crippen molar-refractivity contribution in [3.8, 4) is 0 Å². The van der Waals surface area contributed by atoms with Crippen molar-refractivity contribution in [2.45, 2.75) is 6.42 Å². The molecule has 0 spiro atoms. The monoisotopic (exact) mass is 318 g/mol. The van der Waals surface area contributed by atoms with E-state index in [-0.39, 0.29) is 6.61 Å². The van der Waals surface area contributed by atoms with E-state index in [1.54, 1.807) is 0 Å². The molecule has 0 aliphatic heterocycles. The van der Waals surface area contributed by atoms with E-state index in [4.69, 9.17) is 22.1 Å². The number of amides is 2. The first-order chi connectivity index (χ1) is 9.09. The summed E-state index contributed by atoms with van der Waals surface area (Å²) < 4.78 is 6.10. The van der Waals surface area contributed by atoms with Crippen LogP contribution >= 0.6 is 34.3 Å². The number of hydrogen-bond donors (Lipinski definition) is 2. The summed E-state index contributed by atoms with van der Waals surface area (Å²) in [6.45, 7) is 0.580. The number of hydrogen-bond acceptors (Lipinski definition) is 5. The second kappa shape index (κ2) is 6.23.